The molecule has 28 heavy (non-hydrogen) atoms. The highest BCUT2D eigenvalue weighted by atomic mass is 16.5. The fraction of sp³-hybridized carbons (Fsp3) is 0.269. The molecule has 0 aliphatic carbocycles. The molecule has 150 valence electrons. The van der Waals surface area contributed by atoms with Crippen LogP contribution < -0.4 is 4.74 Å². The van der Waals surface area contributed by atoms with Crippen molar-refractivity contribution in [1.29, 1.82) is 0 Å². The van der Waals surface area contributed by atoms with Gasteiger partial charge in [0, 0.05) is 0 Å². The van der Waals surface area contributed by atoms with Crippen LogP contribution in [-0.2, 0) is 0 Å². The Balaban J connectivity index is 0.00000111. The summed E-state index contributed by atoms with van der Waals surface area (Å²) in [6, 6.07) is 25.0. The Bertz CT molecular complexity index is 758. The highest BCUT2D eigenvalue weighted by Gasteiger charge is 2.08. The molecule has 2 nitrogen and oxygen atoms in total. The van der Waals surface area contributed by atoms with E-state index in [1.807, 2.05) is 115 Å². The van der Waals surface area contributed by atoms with Crippen LogP contribution in [0, 0.1) is 6.92 Å². The van der Waals surface area contributed by atoms with Crippen molar-refractivity contribution in [2.45, 2.75) is 48.5 Å². The monoisotopic (exact) mass is 378 g/mol. The van der Waals surface area contributed by atoms with Crippen molar-refractivity contribution in [3.8, 4) is 16.9 Å². The van der Waals surface area contributed by atoms with Gasteiger partial charge in [0.25, 0.3) is 0 Å². The first-order valence-electron chi connectivity index (χ1n) is 10.2. The number of hydrogen-bond donors (Lipinski definition) is 0. The van der Waals surface area contributed by atoms with Crippen LogP contribution in [0.2, 0.25) is 0 Å². The molecule has 0 bridgehead atoms. The summed E-state index contributed by atoms with van der Waals surface area (Å²) in [5.41, 5.74) is 3.90. The molecule has 0 saturated carbocycles. The van der Waals surface area contributed by atoms with Crippen LogP contribution in [0.4, 0.5) is 0 Å². The van der Waals surface area contributed by atoms with Gasteiger partial charge in [0.05, 0.1) is 5.56 Å². The number of carbonyl (C=O) groups excluding carboxylic acids is 1. The fourth-order valence-electron chi connectivity index (χ4n) is 2.20. The third-order valence-electron chi connectivity index (χ3n) is 3.46. The molecular formula is C26H34O2. The van der Waals surface area contributed by atoms with Crippen LogP contribution in [0.3, 0.4) is 0 Å². The standard InChI is InChI=1S/C20H16O2.3C2H6/c1-15-7-9-18(10-8-15)20(21)22-19-13-11-17(12-14-19)16-5-3-2-4-6-16;3*1-2/h2-14H,1H3;3*1-2H3. The first-order chi connectivity index (χ1) is 13.7. The summed E-state index contributed by atoms with van der Waals surface area (Å²) < 4.78 is 5.39. The minimum atomic E-state index is -0.340. The smallest absolute Gasteiger partial charge is 0.343 e. The molecule has 0 aliphatic heterocycles. The lowest BCUT2D eigenvalue weighted by atomic mass is 10.1. The minimum absolute atomic E-state index is 0.340. The van der Waals surface area contributed by atoms with E-state index in [0.29, 0.717) is 11.3 Å². The summed E-state index contributed by atoms with van der Waals surface area (Å²) in [6.45, 7) is 14.0. The van der Waals surface area contributed by atoms with E-state index in [1.165, 1.54) is 0 Å². The molecule has 2 heteroatoms. The lowest BCUT2D eigenvalue weighted by Crippen LogP contribution is -2.08. The summed E-state index contributed by atoms with van der Waals surface area (Å²) in [4.78, 5) is 12.1. The quantitative estimate of drug-likeness (QED) is 0.341. The van der Waals surface area contributed by atoms with E-state index >= 15 is 0 Å². The van der Waals surface area contributed by atoms with Gasteiger partial charge in [0.15, 0.2) is 0 Å². The Kier molecular flexibility index (Phi) is 13.7. The second-order valence-corrected chi connectivity index (χ2v) is 5.15. The molecule has 3 rings (SSSR count). The van der Waals surface area contributed by atoms with E-state index in [0.717, 1.165) is 16.7 Å². The van der Waals surface area contributed by atoms with Crippen molar-refractivity contribution in [1.82, 2.24) is 0 Å². The van der Waals surface area contributed by atoms with Crippen LogP contribution in [0.5, 0.6) is 5.75 Å². The number of carbonyl (C=O) groups is 1. The Morgan fingerprint density at radius 1 is 0.607 bits per heavy atom. The summed E-state index contributed by atoms with van der Waals surface area (Å²) in [5.74, 6) is 0.206. The Hall–Kier alpha value is -2.87. The first-order valence-corrected chi connectivity index (χ1v) is 10.2. The molecule has 0 heterocycles. The maximum Gasteiger partial charge on any atom is 0.343 e. The van der Waals surface area contributed by atoms with Crippen molar-refractivity contribution >= 4 is 5.97 Å². The largest absolute Gasteiger partial charge is 0.423 e. The molecule has 0 spiro atoms. The van der Waals surface area contributed by atoms with Crippen LogP contribution in [0.25, 0.3) is 11.1 Å². The fourth-order valence-corrected chi connectivity index (χ4v) is 2.20. The molecule has 0 amide bonds. The van der Waals surface area contributed by atoms with Crippen molar-refractivity contribution in [2.24, 2.45) is 0 Å². The second-order valence-electron chi connectivity index (χ2n) is 5.15. The average Bonchev–Trinajstić information content (AvgIpc) is 2.79. The molecular weight excluding hydrogens is 344 g/mol. The molecule has 0 fully saturated rings. The van der Waals surface area contributed by atoms with E-state index in [2.05, 4.69) is 0 Å². The van der Waals surface area contributed by atoms with Gasteiger partial charge < -0.3 is 4.74 Å². The van der Waals surface area contributed by atoms with Crippen molar-refractivity contribution in [3.63, 3.8) is 0 Å². The van der Waals surface area contributed by atoms with Crippen molar-refractivity contribution in [2.75, 3.05) is 0 Å². The van der Waals surface area contributed by atoms with E-state index in [-0.39, 0.29) is 5.97 Å². The molecule has 3 aromatic carbocycles. The highest BCUT2D eigenvalue weighted by Crippen LogP contribution is 2.22. The van der Waals surface area contributed by atoms with Gasteiger partial charge in [-0.05, 0) is 42.3 Å². The number of benzene rings is 3. The van der Waals surface area contributed by atoms with Crippen molar-refractivity contribution < 1.29 is 9.53 Å². The normalized spacial score (nSPS) is 8.68. The van der Waals surface area contributed by atoms with Gasteiger partial charge in [-0.1, -0.05) is 102 Å². The van der Waals surface area contributed by atoms with Gasteiger partial charge in [-0.2, -0.15) is 0 Å². The Morgan fingerprint density at radius 3 is 1.57 bits per heavy atom. The zero-order valence-electron chi connectivity index (χ0n) is 18.3. The summed E-state index contributed by atoms with van der Waals surface area (Å²) in [5, 5.41) is 0. The third kappa shape index (κ3) is 8.22. The Labute approximate surface area is 171 Å². The van der Waals surface area contributed by atoms with Crippen LogP contribution in [-0.4, -0.2) is 5.97 Å². The second kappa shape index (κ2) is 15.2. The minimum Gasteiger partial charge on any atom is -0.423 e. The van der Waals surface area contributed by atoms with Gasteiger partial charge in [0.1, 0.15) is 5.75 Å². The zero-order valence-corrected chi connectivity index (χ0v) is 18.3. The number of ether oxygens (including phenoxy) is 1. The molecule has 3 aromatic rings. The Morgan fingerprint density at radius 2 is 1.07 bits per heavy atom. The molecule has 0 aromatic heterocycles. The average molecular weight is 379 g/mol. The number of hydrogen-bond acceptors (Lipinski definition) is 2. The SMILES string of the molecule is CC.CC.CC.Cc1ccc(C(=O)Oc2ccc(-c3ccccc3)cc2)cc1. The molecule has 0 atom stereocenters. The molecule has 0 radical (unpaired) electrons. The van der Waals surface area contributed by atoms with E-state index in [4.69, 9.17) is 4.74 Å². The first kappa shape index (κ1) is 25.1. The highest BCUT2D eigenvalue weighted by molar-refractivity contribution is 5.91. The van der Waals surface area contributed by atoms with Gasteiger partial charge >= 0.3 is 5.97 Å². The molecule has 0 N–H and O–H groups in total. The maximum absolute atomic E-state index is 12.1. The summed E-state index contributed by atoms with van der Waals surface area (Å²) in [6.07, 6.45) is 0. The maximum atomic E-state index is 12.1. The molecule has 0 unspecified atom stereocenters. The van der Waals surface area contributed by atoms with Gasteiger partial charge in [-0.15, -0.1) is 0 Å². The van der Waals surface area contributed by atoms with Gasteiger partial charge in [-0.3, -0.25) is 0 Å². The number of rotatable bonds is 3. The van der Waals surface area contributed by atoms with Crippen LogP contribution in [0.15, 0.2) is 78.9 Å². The topological polar surface area (TPSA) is 26.3 Å². The number of aryl methyl sites for hydroxylation is 1. The van der Waals surface area contributed by atoms with Crippen LogP contribution >= 0.6 is 0 Å². The lowest BCUT2D eigenvalue weighted by Gasteiger charge is -2.06. The third-order valence-corrected chi connectivity index (χ3v) is 3.46. The van der Waals surface area contributed by atoms with Crippen molar-refractivity contribution in [3.05, 3.63) is 90.0 Å². The van der Waals surface area contributed by atoms with E-state index in [9.17, 15) is 4.79 Å². The lowest BCUT2D eigenvalue weighted by molar-refractivity contribution is 0.0735. The zero-order chi connectivity index (χ0) is 21.4. The predicted molar refractivity (Wildman–Crippen MR) is 122 cm³/mol. The van der Waals surface area contributed by atoms with E-state index < -0.39 is 0 Å². The number of esters is 1. The summed E-state index contributed by atoms with van der Waals surface area (Å²) in [7, 11) is 0. The predicted octanol–water partition coefficient (Wildman–Crippen LogP) is 7.96. The molecule has 0 aliphatic rings. The van der Waals surface area contributed by atoms with Gasteiger partial charge in [-0.25, -0.2) is 4.79 Å². The molecule has 0 saturated heterocycles. The summed E-state index contributed by atoms with van der Waals surface area (Å²) >= 11 is 0. The van der Waals surface area contributed by atoms with E-state index in [1.54, 1.807) is 12.1 Å². The van der Waals surface area contributed by atoms with Crippen LogP contribution in [0.1, 0.15) is 57.5 Å². The van der Waals surface area contributed by atoms with Gasteiger partial charge in [0.2, 0.25) is 0 Å².